The third-order valence-electron chi connectivity index (χ3n) is 2.38. The first-order valence-electron chi connectivity index (χ1n) is 5.03. The lowest BCUT2D eigenvalue weighted by Gasteiger charge is -2.14. The van der Waals surface area contributed by atoms with Crippen molar-refractivity contribution in [3.8, 4) is 0 Å². The Morgan fingerprint density at radius 1 is 1.24 bits per heavy atom. The van der Waals surface area contributed by atoms with Crippen LogP contribution in [0.5, 0.6) is 0 Å². The predicted octanol–water partition coefficient (Wildman–Crippen LogP) is 5.37. The van der Waals surface area contributed by atoms with E-state index in [-0.39, 0.29) is 11.9 Å². The molecular weight excluding hydrogens is 280 g/mol. The molecule has 0 aliphatic rings. The molecule has 0 bridgehead atoms. The van der Waals surface area contributed by atoms with Gasteiger partial charge in [-0.25, -0.2) is 4.39 Å². The van der Waals surface area contributed by atoms with Crippen molar-refractivity contribution in [1.29, 1.82) is 0 Å². The third-order valence-corrected chi connectivity index (χ3v) is 3.89. The van der Waals surface area contributed by atoms with Gasteiger partial charge in [-0.2, -0.15) is 0 Å². The first kappa shape index (κ1) is 12.7. The number of anilines is 1. The minimum absolute atomic E-state index is 0.0247. The van der Waals surface area contributed by atoms with E-state index in [0.717, 1.165) is 11.3 Å². The highest BCUT2D eigenvalue weighted by atomic mass is 35.5. The van der Waals surface area contributed by atoms with Crippen LogP contribution >= 0.6 is 34.5 Å². The van der Waals surface area contributed by atoms with Gasteiger partial charge in [0.1, 0.15) is 5.82 Å². The van der Waals surface area contributed by atoms with E-state index < -0.39 is 0 Å². The summed E-state index contributed by atoms with van der Waals surface area (Å²) in [6.45, 7) is 1.98. The maximum atomic E-state index is 12.7. The number of benzene rings is 1. The average molecular weight is 290 g/mol. The van der Waals surface area contributed by atoms with Gasteiger partial charge in [0.05, 0.1) is 14.7 Å². The first-order chi connectivity index (χ1) is 8.06. The SMILES string of the molecule is CC(Nc1ccc(F)cc1)c1cc(Cl)sc1Cl. The van der Waals surface area contributed by atoms with E-state index in [0.29, 0.717) is 8.67 Å². The summed E-state index contributed by atoms with van der Waals surface area (Å²) < 4.78 is 14.1. The molecule has 1 heterocycles. The second-order valence-electron chi connectivity index (χ2n) is 3.65. The van der Waals surface area contributed by atoms with Crippen molar-refractivity contribution < 1.29 is 4.39 Å². The van der Waals surface area contributed by atoms with Crippen LogP contribution in [0.3, 0.4) is 0 Å². The van der Waals surface area contributed by atoms with E-state index in [1.54, 1.807) is 12.1 Å². The van der Waals surface area contributed by atoms with Crippen molar-refractivity contribution in [1.82, 2.24) is 0 Å². The van der Waals surface area contributed by atoms with E-state index in [4.69, 9.17) is 23.2 Å². The highest BCUT2D eigenvalue weighted by molar-refractivity contribution is 7.20. The van der Waals surface area contributed by atoms with Gasteiger partial charge < -0.3 is 5.32 Å². The van der Waals surface area contributed by atoms with Crippen LogP contribution < -0.4 is 5.32 Å². The Morgan fingerprint density at radius 2 is 1.88 bits per heavy atom. The van der Waals surface area contributed by atoms with E-state index in [1.807, 2.05) is 13.0 Å². The maximum Gasteiger partial charge on any atom is 0.123 e. The molecule has 2 rings (SSSR count). The zero-order valence-electron chi connectivity index (χ0n) is 9.01. The number of hydrogen-bond acceptors (Lipinski definition) is 2. The molecule has 0 saturated carbocycles. The van der Waals surface area contributed by atoms with Crippen LogP contribution in [0.25, 0.3) is 0 Å². The molecule has 2 aromatic rings. The Balaban J connectivity index is 2.14. The van der Waals surface area contributed by atoms with Crippen molar-refractivity contribution in [3.05, 3.63) is 50.4 Å². The van der Waals surface area contributed by atoms with Gasteiger partial charge in [-0.15, -0.1) is 11.3 Å². The molecule has 1 unspecified atom stereocenters. The molecule has 0 spiro atoms. The van der Waals surface area contributed by atoms with Gasteiger partial charge in [-0.1, -0.05) is 23.2 Å². The van der Waals surface area contributed by atoms with Gasteiger partial charge in [-0.3, -0.25) is 0 Å². The van der Waals surface area contributed by atoms with Gasteiger partial charge in [0.2, 0.25) is 0 Å². The van der Waals surface area contributed by atoms with Crippen LogP contribution in [-0.2, 0) is 0 Å². The summed E-state index contributed by atoms with van der Waals surface area (Å²) in [5.41, 5.74) is 1.79. The summed E-state index contributed by atoms with van der Waals surface area (Å²) in [5, 5.41) is 3.24. The number of halogens is 3. The van der Waals surface area contributed by atoms with Crippen molar-refractivity contribution >= 4 is 40.2 Å². The summed E-state index contributed by atoms with van der Waals surface area (Å²) in [5.74, 6) is -0.250. The number of rotatable bonds is 3. The highest BCUT2D eigenvalue weighted by Crippen LogP contribution is 2.35. The first-order valence-corrected chi connectivity index (χ1v) is 6.60. The van der Waals surface area contributed by atoms with Gasteiger partial charge in [-0.05, 0) is 37.3 Å². The molecule has 1 aromatic carbocycles. The molecule has 0 fully saturated rings. The molecular formula is C12H10Cl2FNS. The van der Waals surface area contributed by atoms with Gasteiger partial charge in [0, 0.05) is 11.3 Å². The Bertz CT molecular complexity index is 510. The Labute approximate surface area is 113 Å². The molecule has 1 aromatic heterocycles. The van der Waals surface area contributed by atoms with Crippen LogP contribution in [-0.4, -0.2) is 0 Å². The molecule has 17 heavy (non-hydrogen) atoms. The van der Waals surface area contributed by atoms with Crippen LogP contribution in [0.1, 0.15) is 18.5 Å². The maximum absolute atomic E-state index is 12.7. The smallest absolute Gasteiger partial charge is 0.123 e. The zero-order valence-corrected chi connectivity index (χ0v) is 11.3. The van der Waals surface area contributed by atoms with Crippen molar-refractivity contribution in [2.75, 3.05) is 5.32 Å². The largest absolute Gasteiger partial charge is 0.378 e. The highest BCUT2D eigenvalue weighted by Gasteiger charge is 2.13. The number of nitrogens with one attached hydrogen (secondary N) is 1. The lowest BCUT2D eigenvalue weighted by molar-refractivity contribution is 0.628. The molecule has 1 N–H and O–H groups in total. The van der Waals surface area contributed by atoms with Crippen molar-refractivity contribution in [2.24, 2.45) is 0 Å². The van der Waals surface area contributed by atoms with Crippen LogP contribution in [0.4, 0.5) is 10.1 Å². The molecule has 90 valence electrons. The third kappa shape index (κ3) is 3.12. The molecule has 1 atom stereocenters. The standard InChI is InChI=1S/C12H10Cl2FNS/c1-7(10-6-11(13)17-12(10)14)16-9-4-2-8(15)3-5-9/h2-7,16H,1H3. The fraction of sp³-hybridized carbons (Fsp3) is 0.167. The minimum Gasteiger partial charge on any atom is -0.378 e. The number of hydrogen-bond donors (Lipinski definition) is 1. The van der Waals surface area contributed by atoms with E-state index in [2.05, 4.69) is 5.32 Å². The molecule has 1 nitrogen and oxygen atoms in total. The van der Waals surface area contributed by atoms with Crippen LogP contribution in [0, 0.1) is 5.82 Å². The topological polar surface area (TPSA) is 12.0 Å². The Kier molecular flexibility index (Phi) is 3.92. The van der Waals surface area contributed by atoms with Crippen molar-refractivity contribution in [3.63, 3.8) is 0 Å². The monoisotopic (exact) mass is 289 g/mol. The number of thiophene rings is 1. The quantitative estimate of drug-likeness (QED) is 0.801. The molecule has 5 heteroatoms. The average Bonchev–Trinajstić information content (AvgIpc) is 2.61. The molecule has 0 radical (unpaired) electrons. The summed E-state index contributed by atoms with van der Waals surface area (Å²) in [6.07, 6.45) is 0. The Hall–Kier alpha value is -0.770. The van der Waals surface area contributed by atoms with Gasteiger partial charge in [0.15, 0.2) is 0 Å². The van der Waals surface area contributed by atoms with Crippen molar-refractivity contribution in [2.45, 2.75) is 13.0 Å². The fourth-order valence-electron chi connectivity index (χ4n) is 1.52. The Morgan fingerprint density at radius 3 is 2.41 bits per heavy atom. The second kappa shape index (κ2) is 5.25. The molecule has 0 aliphatic carbocycles. The zero-order chi connectivity index (χ0) is 12.4. The van der Waals surface area contributed by atoms with E-state index in [1.165, 1.54) is 23.5 Å². The summed E-state index contributed by atoms with van der Waals surface area (Å²) in [7, 11) is 0. The summed E-state index contributed by atoms with van der Waals surface area (Å²) in [6, 6.07) is 8.07. The van der Waals surface area contributed by atoms with E-state index >= 15 is 0 Å². The molecule has 0 amide bonds. The van der Waals surface area contributed by atoms with Gasteiger partial charge in [0.25, 0.3) is 0 Å². The second-order valence-corrected chi connectivity index (χ2v) is 5.94. The molecule has 0 saturated heterocycles. The molecule has 0 aliphatic heterocycles. The van der Waals surface area contributed by atoms with Crippen LogP contribution in [0.2, 0.25) is 8.67 Å². The predicted molar refractivity (Wildman–Crippen MR) is 72.8 cm³/mol. The fourth-order valence-corrected chi connectivity index (χ4v) is 3.17. The normalized spacial score (nSPS) is 12.5. The van der Waals surface area contributed by atoms with Gasteiger partial charge >= 0.3 is 0 Å². The lowest BCUT2D eigenvalue weighted by Crippen LogP contribution is -2.05. The summed E-state index contributed by atoms with van der Waals surface area (Å²) >= 11 is 13.3. The van der Waals surface area contributed by atoms with Crippen LogP contribution in [0.15, 0.2) is 30.3 Å². The minimum atomic E-state index is -0.250. The van der Waals surface area contributed by atoms with E-state index in [9.17, 15) is 4.39 Å². The lowest BCUT2D eigenvalue weighted by atomic mass is 10.1. The summed E-state index contributed by atoms with van der Waals surface area (Å²) in [4.78, 5) is 0.